The number of sulfonamides is 1. The topological polar surface area (TPSA) is 136 Å². The third-order valence-electron chi connectivity index (χ3n) is 5.46. The summed E-state index contributed by atoms with van der Waals surface area (Å²) in [5, 5.41) is 19.2. The van der Waals surface area contributed by atoms with E-state index in [1.165, 1.54) is 19.9 Å². The van der Waals surface area contributed by atoms with E-state index < -0.39 is 14.9 Å². The molecule has 1 aliphatic heterocycles. The number of carbonyl (C=O) groups excluding carboxylic acids is 1. The molecule has 2 aromatic rings. The lowest BCUT2D eigenvalue weighted by Crippen LogP contribution is -2.50. The van der Waals surface area contributed by atoms with Crippen LogP contribution >= 0.6 is 0 Å². The predicted octanol–water partition coefficient (Wildman–Crippen LogP) is 0.373. The number of nitrogens with zero attached hydrogens (tertiary/aromatic N) is 7. The molecule has 1 saturated heterocycles. The van der Waals surface area contributed by atoms with Gasteiger partial charge in [-0.25, -0.2) is 8.42 Å². The molecule has 13 heteroatoms. The first-order valence-electron chi connectivity index (χ1n) is 9.49. The maximum absolute atomic E-state index is 12.8. The monoisotopic (exact) mass is 439 g/mol. The molecule has 0 spiro atoms. The minimum Gasteiger partial charge on any atom is -0.340 e. The van der Waals surface area contributed by atoms with Gasteiger partial charge in [0.05, 0.1) is 23.4 Å². The van der Waals surface area contributed by atoms with Gasteiger partial charge in [-0.3, -0.25) is 24.3 Å². The van der Waals surface area contributed by atoms with Crippen LogP contribution in [0.15, 0.2) is 11.1 Å². The molecular formula is C17H25N7O5S. The zero-order valence-corrected chi connectivity index (χ0v) is 18.2. The second-order valence-electron chi connectivity index (χ2n) is 7.25. The smallest absolute Gasteiger partial charge is 0.312 e. The summed E-state index contributed by atoms with van der Waals surface area (Å²) >= 11 is 0. The maximum Gasteiger partial charge on any atom is 0.312 e. The molecule has 3 rings (SSSR count). The van der Waals surface area contributed by atoms with E-state index in [0.29, 0.717) is 17.1 Å². The van der Waals surface area contributed by atoms with Crippen LogP contribution in [0.5, 0.6) is 0 Å². The minimum absolute atomic E-state index is 0.0352. The molecule has 0 bridgehead atoms. The van der Waals surface area contributed by atoms with Gasteiger partial charge in [-0.2, -0.15) is 14.5 Å². The molecule has 3 heterocycles. The Balaban J connectivity index is 1.59. The fourth-order valence-electron chi connectivity index (χ4n) is 3.58. The molecule has 1 aliphatic rings. The van der Waals surface area contributed by atoms with Crippen LogP contribution in [0.2, 0.25) is 0 Å². The van der Waals surface area contributed by atoms with Crippen LogP contribution in [-0.4, -0.2) is 74.2 Å². The SMILES string of the molecule is Cc1nn(CCC(=O)N2CCN(S(=O)(=O)c3cnn(C)c3C)CC2)c(C)c1[N+](=O)[O-]. The Kier molecular flexibility index (Phi) is 5.94. The van der Waals surface area contributed by atoms with Gasteiger partial charge in [0.2, 0.25) is 15.9 Å². The average molecular weight is 439 g/mol. The van der Waals surface area contributed by atoms with Gasteiger partial charge >= 0.3 is 5.69 Å². The molecule has 0 radical (unpaired) electrons. The van der Waals surface area contributed by atoms with Crippen LogP contribution in [-0.2, 0) is 28.4 Å². The highest BCUT2D eigenvalue weighted by atomic mass is 32.2. The summed E-state index contributed by atoms with van der Waals surface area (Å²) in [5.41, 5.74) is 1.25. The van der Waals surface area contributed by atoms with Crippen LogP contribution in [0.4, 0.5) is 5.69 Å². The number of carbonyl (C=O) groups is 1. The highest BCUT2D eigenvalue weighted by Crippen LogP contribution is 2.23. The van der Waals surface area contributed by atoms with Crippen LogP contribution in [0, 0.1) is 30.9 Å². The Labute approximate surface area is 174 Å². The molecule has 0 aromatic carbocycles. The summed E-state index contributed by atoms with van der Waals surface area (Å²) in [6, 6.07) is 0. The fourth-order valence-corrected chi connectivity index (χ4v) is 5.19. The molecule has 0 aliphatic carbocycles. The van der Waals surface area contributed by atoms with E-state index in [1.54, 1.807) is 32.7 Å². The van der Waals surface area contributed by atoms with E-state index in [-0.39, 0.29) is 55.6 Å². The third-order valence-corrected chi connectivity index (χ3v) is 7.46. The first kappa shape index (κ1) is 21.9. The van der Waals surface area contributed by atoms with Crippen molar-refractivity contribution in [3.05, 3.63) is 33.4 Å². The van der Waals surface area contributed by atoms with Crippen molar-refractivity contribution in [2.45, 2.75) is 38.6 Å². The first-order valence-corrected chi connectivity index (χ1v) is 10.9. The average Bonchev–Trinajstić information content (AvgIpc) is 3.18. The van der Waals surface area contributed by atoms with Gasteiger partial charge in [0.1, 0.15) is 16.3 Å². The van der Waals surface area contributed by atoms with Gasteiger partial charge in [0.15, 0.2) is 0 Å². The van der Waals surface area contributed by atoms with Crippen molar-refractivity contribution in [3.63, 3.8) is 0 Å². The van der Waals surface area contributed by atoms with E-state index in [9.17, 15) is 23.3 Å². The Hall–Kier alpha value is -2.80. The molecule has 12 nitrogen and oxygen atoms in total. The molecule has 1 fully saturated rings. The molecule has 0 saturated carbocycles. The maximum atomic E-state index is 12.8. The predicted molar refractivity (Wildman–Crippen MR) is 106 cm³/mol. The quantitative estimate of drug-likeness (QED) is 0.468. The van der Waals surface area contributed by atoms with Crippen molar-refractivity contribution in [2.24, 2.45) is 7.05 Å². The molecule has 164 valence electrons. The van der Waals surface area contributed by atoms with Crippen molar-refractivity contribution in [1.82, 2.24) is 28.8 Å². The van der Waals surface area contributed by atoms with E-state index in [2.05, 4.69) is 10.2 Å². The van der Waals surface area contributed by atoms with Crippen LogP contribution in [0.1, 0.15) is 23.5 Å². The molecular weight excluding hydrogens is 414 g/mol. The molecule has 0 N–H and O–H groups in total. The largest absolute Gasteiger partial charge is 0.340 e. The highest BCUT2D eigenvalue weighted by Gasteiger charge is 2.32. The van der Waals surface area contributed by atoms with Crippen LogP contribution in [0.25, 0.3) is 0 Å². The van der Waals surface area contributed by atoms with Gasteiger partial charge < -0.3 is 4.90 Å². The summed E-state index contributed by atoms with van der Waals surface area (Å²) < 4.78 is 30.0. The Morgan fingerprint density at radius 1 is 1.17 bits per heavy atom. The highest BCUT2D eigenvalue weighted by molar-refractivity contribution is 7.89. The van der Waals surface area contributed by atoms with Gasteiger partial charge in [-0.1, -0.05) is 0 Å². The third kappa shape index (κ3) is 3.94. The molecule has 1 amide bonds. The molecule has 2 aromatic heterocycles. The van der Waals surface area contributed by atoms with Crippen LogP contribution in [0.3, 0.4) is 0 Å². The molecule has 30 heavy (non-hydrogen) atoms. The van der Waals surface area contributed by atoms with Crippen molar-refractivity contribution < 1.29 is 18.1 Å². The van der Waals surface area contributed by atoms with E-state index in [4.69, 9.17) is 0 Å². The van der Waals surface area contributed by atoms with Gasteiger partial charge in [0, 0.05) is 39.6 Å². The van der Waals surface area contributed by atoms with Crippen molar-refractivity contribution >= 4 is 21.6 Å². The number of rotatable bonds is 6. The summed E-state index contributed by atoms with van der Waals surface area (Å²) in [6.07, 6.45) is 1.48. The summed E-state index contributed by atoms with van der Waals surface area (Å²) in [7, 11) is -1.98. The first-order chi connectivity index (χ1) is 14.0. The standard InChI is InChI=1S/C17H25N7O5S/c1-12-17(24(26)27)14(3)23(19-12)6-5-16(25)21-7-9-22(10-8-21)30(28,29)15-11-18-20(4)13(15)2/h11H,5-10H2,1-4H3. The second-order valence-corrected chi connectivity index (χ2v) is 9.16. The van der Waals surface area contributed by atoms with Gasteiger partial charge in [-0.15, -0.1) is 0 Å². The number of hydrogen-bond acceptors (Lipinski definition) is 7. The zero-order chi connectivity index (χ0) is 22.2. The number of aryl methyl sites for hydroxylation is 3. The second kappa shape index (κ2) is 8.14. The van der Waals surface area contributed by atoms with Gasteiger partial charge in [0.25, 0.3) is 0 Å². The molecule has 0 unspecified atom stereocenters. The summed E-state index contributed by atoms with van der Waals surface area (Å²) in [6.45, 7) is 6.07. The number of nitro groups is 1. The van der Waals surface area contributed by atoms with E-state index >= 15 is 0 Å². The molecule has 0 atom stereocenters. The van der Waals surface area contributed by atoms with Crippen molar-refractivity contribution in [3.8, 4) is 0 Å². The Bertz CT molecular complexity index is 1080. The van der Waals surface area contributed by atoms with E-state index in [0.717, 1.165) is 0 Å². The summed E-state index contributed by atoms with van der Waals surface area (Å²) in [5.74, 6) is -0.139. The lowest BCUT2D eigenvalue weighted by atomic mass is 10.3. The Morgan fingerprint density at radius 2 is 1.80 bits per heavy atom. The normalized spacial score (nSPS) is 15.5. The Morgan fingerprint density at radius 3 is 2.30 bits per heavy atom. The van der Waals surface area contributed by atoms with Gasteiger partial charge in [-0.05, 0) is 20.8 Å². The number of amides is 1. The lowest BCUT2D eigenvalue weighted by Gasteiger charge is -2.34. The van der Waals surface area contributed by atoms with Crippen LogP contribution < -0.4 is 0 Å². The number of aromatic nitrogens is 4. The number of hydrogen-bond donors (Lipinski definition) is 0. The minimum atomic E-state index is -3.66. The summed E-state index contributed by atoms with van der Waals surface area (Å²) in [4.78, 5) is 25.0. The fraction of sp³-hybridized carbons (Fsp3) is 0.588. The zero-order valence-electron chi connectivity index (χ0n) is 17.4. The number of piperazine rings is 1. The van der Waals surface area contributed by atoms with Crippen molar-refractivity contribution in [1.29, 1.82) is 0 Å². The van der Waals surface area contributed by atoms with Crippen molar-refractivity contribution in [2.75, 3.05) is 26.2 Å². The van der Waals surface area contributed by atoms with E-state index in [1.807, 2.05) is 0 Å². The lowest BCUT2D eigenvalue weighted by molar-refractivity contribution is -0.386.